The summed E-state index contributed by atoms with van der Waals surface area (Å²) >= 11 is 0. The Kier molecular flexibility index (Phi) is 13.6. The quantitative estimate of drug-likeness (QED) is 0.282. The molecule has 2 rings (SSSR count). The molecule has 262 valence electrons. The average molecular weight is 645 g/mol. The Morgan fingerprint density at radius 1 is 1.09 bits per heavy atom. The van der Waals surface area contributed by atoms with Crippen LogP contribution in [0.1, 0.15) is 82.1 Å². The lowest BCUT2D eigenvalue weighted by Crippen LogP contribution is -2.60. The van der Waals surface area contributed by atoms with Crippen LogP contribution in [0, 0.1) is 23.7 Å². The Hall–Kier alpha value is -1.64. The van der Waals surface area contributed by atoms with Gasteiger partial charge in [-0.15, -0.1) is 0 Å². The molecular weight excluding hydrogens is 584 g/mol. The smallest absolute Gasteiger partial charge is 0.316 e. The van der Waals surface area contributed by atoms with Crippen LogP contribution in [0.15, 0.2) is 11.8 Å². The fourth-order valence-electron chi connectivity index (χ4n) is 6.91. The molecule has 0 aromatic heterocycles. The van der Waals surface area contributed by atoms with Crippen molar-refractivity contribution < 1.29 is 49.3 Å². The predicted molar refractivity (Wildman–Crippen MR) is 169 cm³/mol. The standard InChI is InChI=1S/C33H60N2O10/c1-13-24-33(10,42)27(38)22(8)34(11)16-18(4)15-32(9,41)28(20(6)25(36)21(7)30(40)44-24)45-31-26(37)23(14-19(5)43-31)35(12)29(39)17(2)3/h13,17-23,25-28,31,36-38,41-42H,14-16H2,1-12H3/b24-13+/t18-,19-,20+,21-,22-,23+,25+,26-,27-,28-,31+,32-,33-/m1/s1. The fraction of sp³-hybridized carbons (Fsp3) is 0.879. The molecule has 0 unspecified atom stereocenters. The highest BCUT2D eigenvalue weighted by Crippen LogP contribution is 2.37. The van der Waals surface area contributed by atoms with Crippen molar-refractivity contribution in [3.8, 4) is 0 Å². The van der Waals surface area contributed by atoms with E-state index in [0.29, 0.717) is 13.0 Å². The number of aliphatic hydroxyl groups is 5. The van der Waals surface area contributed by atoms with Crippen molar-refractivity contribution in [3.63, 3.8) is 0 Å². The maximum Gasteiger partial charge on any atom is 0.316 e. The van der Waals surface area contributed by atoms with Gasteiger partial charge in [-0.2, -0.15) is 0 Å². The molecule has 12 nitrogen and oxygen atoms in total. The molecular formula is C33H60N2O10. The topological polar surface area (TPSA) is 169 Å². The number of carbonyl (C=O) groups excluding carboxylic acids is 2. The maximum atomic E-state index is 13.3. The van der Waals surface area contributed by atoms with Crippen LogP contribution < -0.4 is 0 Å². The zero-order valence-corrected chi connectivity index (χ0v) is 29.3. The Balaban J connectivity index is 2.55. The highest BCUT2D eigenvalue weighted by atomic mass is 16.7. The lowest BCUT2D eigenvalue weighted by molar-refractivity contribution is -0.299. The minimum atomic E-state index is -1.92. The zero-order chi connectivity index (χ0) is 34.8. The maximum absolute atomic E-state index is 13.3. The monoisotopic (exact) mass is 644 g/mol. The predicted octanol–water partition coefficient (Wildman–Crippen LogP) is 1.65. The van der Waals surface area contributed by atoms with Gasteiger partial charge in [0.05, 0.1) is 35.9 Å². The van der Waals surface area contributed by atoms with Crippen LogP contribution in [-0.2, 0) is 23.8 Å². The number of esters is 1. The van der Waals surface area contributed by atoms with E-state index in [1.54, 1.807) is 55.6 Å². The number of allylic oxidation sites excluding steroid dienone is 1. The van der Waals surface area contributed by atoms with E-state index >= 15 is 0 Å². The van der Waals surface area contributed by atoms with Gasteiger partial charge in [0.2, 0.25) is 5.91 Å². The Bertz CT molecular complexity index is 1030. The minimum Gasteiger partial charge on any atom is -0.428 e. The van der Waals surface area contributed by atoms with Gasteiger partial charge in [0, 0.05) is 31.5 Å². The molecule has 45 heavy (non-hydrogen) atoms. The van der Waals surface area contributed by atoms with Crippen molar-refractivity contribution in [2.24, 2.45) is 23.7 Å². The summed E-state index contributed by atoms with van der Waals surface area (Å²) in [6, 6.07) is -1.18. The van der Waals surface area contributed by atoms with E-state index in [9.17, 15) is 35.1 Å². The molecule has 0 saturated carbocycles. The largest absolute Gasteiger partial charge is 0.428 e. The van der Waals surface area contributed by atoms with Crippen molar-refractivity contribution in [3.05, 3.63) is 11.8 Å². The molecule has 0 aromatic carbocycles. The first-order chi connectivity index (χ1) is 20.6. The summed E-state index contributed by atoms with van der Waals surface area (Å²) < 4.78 is 18.0. The van der Waals surface area contributed by atoms with Crippen molar-refractivity contribution in [2.45, 2.75) is 142 Å². The van der Waals surface area contributed by atoms with Gasteiger partial charge in [0.25, 0.3) is 0 Å². The van der Waals surface area contributed by atoms with Gasteiger partial charge < -0.3 is 49.5 Å². The molecule has 12 heteroatoms. The number of hydrogen-bond acceptors (Lipinski definition) is 11. The molecule has 0 aromatic rings. The summed E-state index contributed by atoms with van der Waals surface area (Å²) in [5.74, 6) is -3.58. The highest BCUT2D eigenvalue weighted by Gasteiger charge is 2.49. The van der Waals surface area contributed by atoms with Gasteiger partial charge in [0.1, 0.15) is 23.6 Å². The second kappa shape index (κ2) is 15.5. The summed E-state index contributed by atoms with van der Waals surface area (Å²) in [7, 11) is 3.43. The highest BCUT2D eigenvalue weighted by molar-refractivity contribution is 5.78. The van der Waals surface area contributed by atoms with Crippen molar-refractivity contribution in [1.82, 2.24) is 9.80 Å². The van der Waals surface area contributed by atoms with E-state index < -0.39 is 71.8 Å². The van der Waals surface area contributed by atoms with Crippen LogP contribution in [0.25, 0.3) is 0 Å². The normalized spacial score (nSPS) is 44.3. The van der Waals surface area contributed by atoms with E-state index in [1.807, 2.05) is 18.7 Å². The lowest BCUT2D eigenvalue weighted by atomic mass is 9.78. The Morgan fingerprint density at radius 3 is 2.20 bits per heavy atom. The summed E-state index contributed by atoms with van der Waals surface area (Å²) in [6.45, 7) is 17.1. The molecule has 0 aliphatic carbocycles. The van der Waals surface area contributed by atoms with Gasteiger partial charge in [-0.3, -0.25) is 9.59 Å². The summed E-state index contributed by atoms with van der Waals surface area (Å²) in [5.41, 5.74) is -3.51. The molecule has 2 fully saturated rings. The number of aliphatic hydroxyl groups excluding tert-OH is 3. The zero-order valence-electron chi connectivity index (χ0n) is 29.3. The van der Waals surface area contributed by atoms with Crippen molar-refractivity contribution in [2.75, 3.05) is 20.6 Å². The number of cyclic esters (lactones) is 1. The second-order valence-corrected chi connectivity index (χ2v) is 14.4. The van der Waals surface area contributed by atoms with Crippen molar-refractivity contribution >= 4 is 11.9 Å². The number of amides is 1. The molecule has 1 amide bonds. The van der Waals surface area contributed by atoms with E-state index in [2.05, 4.69) is 0 Å². The molecule has 2 aliphatic heterocycles. The number of hydrogen-bond donors (Lipinski definition) is 5. The van der Waals surface area contributed by atoms with E-state index in [4.69, 9.17) is 14.2 Å². The Labute approximate surface area is 269 Å². The van der Waals surface area contributed by atoms with Gasteiger partial charge >= 0.3 is 5.97 Å². The molecule has 0 spiro atoms. The van der Waals surface area contributed by atoms with E-state index in [0.717, 1.165) is 0 Å². The number of nitrogens with zero attached hydrogens (tertiary/aromatic N) is 2. The first-order valence-corrected chi connectivity index (χ1v) is 16.2. The SMILES string of the molecule is C/C=C1/OC(=O)[C@H](C)[C@@H](O)[C@H](C)[C@@H](O[C@@H]2O[C@H](C)C[C@H](N(C)C(=O)C(C)C)[C@H]2O)[C@](C)(O)C[C@@H](C)CN(C)[C@H](C)[C@@H](O)[C@]1(C)O. The van der Waals surface area contributed by atoms with Gasteiger partial charge in [0.15, 0.2) is 6.29 Å². The molecule has 13 atom stereocenters. The molecule has 5 N–H and O–H groups in total. The average Bonchev–Trinajstić information content (AvgIpc) is 2.95. The third kappa shape index (κ3) is 9.04. The molecule has 0 radical (unpaired) electrons. The number of ether oxygens (including phenoxy) is 3. The fourth-order valence-corrected chi connectivity index (χ4v) is 6.91. The summed E-state index contributed by atoms with van der Waals surface area (Å²) in [6.07, 6.45) is -4.77. The van der Waals surface area contributed by atoms with Gasteiger partial charge in [-0.25, -0.2) is 0 Å². The van der Waals surface area contributed by atoms with Crippen molar-refractivity contribution in [1.29, 1.82) is 0 Å². The van der Waals surface area contributed by atoms with E-state index in [-0.39, 0.29) is 36.0 Å². The summed E-state index contributed by atoms with van der Waals surface area (Å²) in [4.78, 5) is 29.5. The lowest BCUT2D eigenvalue weighted by Gasteiger charge is -2.47. The molecule has 2 aliphatic rings. The number of rotatable bonds is 4. The molecule has 0 bridgehead atoms. The molecule has 2 saturated heterocycles. The molecule has 2 heterocycles. The van der Waals surface area contributed by atoms with Crippen LogP contribution in [0.4, 0.5) is 0 Å². The van der Waals surface area contributed by atoms with Crippen LogP contribution in [0.2, 0.25) is 0 Å². The van der Waals surface area contributed by atoms with Crippen LogP contribution in [-0.4, -0.2) is 128 Å². The van der Waals surface area contributed by atoms with Crippen LogP contribution in [0.3, 0.4) is 0 Å². The second-order valence-electron chi connectivity index (χ2n) is 14.4. The first kappa shape index (κ1) is 39.5. The van der Waals surface area contributed by atoms with Gasteiger partial charge in [-0.05, 0) is 73.4 Å². The van der Waals surface area contributed by atoms with Crippen LogP contribution >= 0.6 is 0 Å². The summed E-state index contributed by atoms with van der Waals surface area (Å²) in [5, 5.41) is 57.4. The van der Waals surface area contributed by atoms with Crippen LogP contribution in [0.5, 0.6) is 0 Å². The van der Waals surface area contributed by atoms with Gasteiger partial charge in [-0.1, -0.05) is 27.7 Å². The first-order valence-electron chi connectivity index (χ1n) is 16.2. The number of likely N-dealkylation sites (N-methyl/N-ethyl adjacent to an activating group) is 2. The Morgan fingerprint density at radius 2 is 1.67 bits per heavy atom. The minimum absolute atomic E-state index is 0.138. The third-order valence-electron chi connectivity index (χ3n) is 9.81. The third-order valence-corrected chi connectivity index (χ3v) is 9.81. The number of carbonyl (C=O) groups is 2. The van der Waals surface area contributed by atoms with E-state index in [1.165, 1.54) is 24.8 Å².